The monoisotopic (exact) mass is 475 g/mol. The quantitative estimate of drug-likeness (QED) is 0.220. The fourth-order valence-corrected chi connectivity index (χ4v) is 7.36. The molecular formula is C32H45NS. The SMILES string of the molecule is CC(c1ccc2c(c1)c1cc(C(C)C3CCCC3)ccc1n2CCCCCCS)C1CCCC1. The number of hydrogen-bond acceptors (Lipinski definition) is 1. The fourth-order valence-electron chi connectivity index (χ4n) is 7.14. The predicted octanol–water partition coefficient (Wildman–Crippen LogP) is 9.87. The van der Waals surface area contributed by atoms with Crippen LogP contribution in [0.25, 0.3) is 21.8 Å². The highest BCUT2D eigenvalue weighted by Gasteiger charge is 2.25. The molecule has 0 radical (unpaired) electrons. The third kappa shape index (κ3) is 4.95. The summed E-state index contributed by atoms with van der Waals surface area (Å²) in [7, 11) is 0. The topological polar surface area (TPSA) is 4.93 Å². The Bertz CT molecular complexity index is 1000. The summed E-state index contributed by atoms with van der Waals surface area (Å²) in [5.41, 5.74) is 6.00. The minimum atomic E-state index is 0.673. The first-order valence-corrected chi connectivity index (χ1v) is 15.0. The molecule has 1 aromatic heterocycles. The van der Waals surface area contributed by atoms with Crippen LogP contribution in [0.15, 0.2) is 36.4 Å². The average molecular weight is 476 g/mol. The van der Waals surface area contributed by atoms with Crippen LogP contribution in [0.2, 0.25) is 0 Å². The van der Waals surface area contributed by atoms with Gasteiger partial charge in [-0.25, -0.2) is 0 Å². The van der Waals surface area contributed by atoms with Crippen molar-refractivity contribution in [1.29, 1.82) is 0 Å². The molecule has 0 N–H and O–H groups in total. The molecule has 2 heteroatoms. The van der Waals surface area contributed by atoms with Gasteiger partial charge < -0.3 is 4.57 Å². The first-order valence-electron chi connectivity index (χ1n) is 14.3. The van der Waals surface area contributed by atoms with Crippen LogP contribution in [0, 0.1) is 11.8 Å². The Morgan fingerprint density at radius 1 is 0.706 bits per heavy atom. The van der Waals surface area contributed by atoms with Crippen LogP contribution in [0.4, 0.5) is 0 Å². The Morgan fingerprint density at radius 3 is 1.65 bits per heavy atom. The molecule has 2 fully saturated rings. The summed E-state index contributed by atoms with van der Waals surface area (Å²) in [4.78, 5) is 0. The Morgan fingerprint density at radius 2 is 1.18 bits per heavy atom. The van der Waals surface area contributed by atoms with Gasteiger partial charge in [0.2, 0.25) is 0 Å². The molecule has 2 unspecified atom stereocenters. The van der Waals surface area contributed by atoms with E-state index >= 15 is 0 Å². The highest BCUT2D eigenvalue weighted by Crippen LogP contribution is 2.41. The van der Waals surface area contributed by atoms with Gasteiger partial charge in [0.1, 0.15) is 0 Å². The van der Waals surface area contributed by atoms with Crippen molar-refractivity contribution in [3.05, 3.63) is 47.5 Å². The normalized spacial score (nSPS) is 19.5. The molecule has 2 aromatic carbocycles. The van der Waals surface area contributed by atoms with Gasteiger partial charge in [-0.1, -0.05) is 64.5 Å². The van der Waals surface area contributed by atoms with E-state index in [1.54, 1.807) is 11.1 Å². The predicted molar refractivity (Wildman–Crippen MR) is 153 cm³/mol. The molecule has 3 aromatic rings. The molecule has 0 aliphatic heterocycles. The van der Waals surface area contributed by atoms with Crippen molar-refractivity contribution < 1.29 is 0 Å². The fraction of sp³-hybridized carbons (Fsp3) is 0.625. The lowest BCUT2D eigenvalue weighted by Gasteiger charge is -2.20. The number of benzene rings is 2. The van der Waals surface area contributed by atoms with E-state index in [2.05, 4.69) is 67.4 Å². The zero-order valence-electron chi connectivity index (χ0n) is 21.6. The number of nitrogens with zero attached hydrogens (tertiary/aromatic N) is 1. The Hall–Kier alpha value is -1.41. The Kier molecular flexibility index (Phi) is 7.94. The van der Waals surface area contributed by atoms with E-state index in [0.29, 0.717) is 11.8 Å². The van der Waals surface area contributed by atoms with Gasteiger partial charge in [0.05, 0.1) is 0 Å². The summed E-state index contributed by atoms with van der Waals surface area (Å²) >= 11 is 4.39. The molecule has 184 valence electrons. The first-order chi connectivity index (χ1) is 16.7. The van der Waals surface area contributed by atoms with E-state index in [1.165, 1.54) is 98.9 Å². The van der Waals surface area contributed by atoms with E-state index in [1.807, 2.05) is 0 Å². The maximum absolute atomic E-state index is 4.39. The van der Waals surface area contributed by atoms with Crippen molar-refractivity contribution in [3.8, 4) is 0 Å². The molecule has 1 nitrogen and oxygen atoms in total. The van der Waals surface area contributed by atoms with E-state index in [4.69, 9.17) is 0 Å². The van der Waals surface area contributed by atoms with Gasteiger partial charge in [-0.3, -0.25) is 0 Å². The lowest BCUT2D eigenvalue weighted by atomic mass is 9.85. The summed E-state index contributed by atoms with van der Waals surface area (Å²) in [6.07, 6.45) is 16.4. The number of unbranched alkanes of at least 4 members (excludes halogenated alkanes) is 3. The molecule has 1 heterocycles. The molecule has 2 atom stereocenters. The van der Waals surface area contributed by atoms with E-state index in [0.717, 1.165) is 24.1 Å². The van der Waals surface area contributed by atoms with Gasteiger partial charge in [0, 0.05) is 28.4 Å². The van der Waals surface area contributed by atoms with E-state index in [9.17, 15) is 0 Å². The Balaban J connectivity index is 1.52. The van der Waals surface area contributed by atoms with Gasteiger partial charge in [0.25, 0.3) is 0 Å². The molecule has 5 rings (SSSR count). The van der Waals surface area contributed by atoms with E-state index in [-0.39, 0.29) is 0 Å². The van der Waals surface area contributed by atoms with Gasteiger partial charge >= 0.3 is 0 Å². The summed E-state index contributed by atoms with van der Waals surface area (Å²) in [5, 5.41) is 2.99. The van der Waals surface area contributed by atoms with Crippen LogP contribution in [0.3, 0.4) is 0 Å². The van der Waals surface area contributed by atoms with Gasteiger partial charge in [-0.05, 0) is 103 Å². The number of hydrogen-bond donors (Lipinski definition) is 1. The van der Waals surface area contributed by atoms with Crippen LogP contribution in [-0.4, -0.2) is 10.3 Å². The highest BCUT2D eigenvalue weighted by atomic mass is 32.1. The van der Waals surface area contributed by atoms with Gasteiger partial charge in [-0.15, -0.1) is 0 Å². The zero-order chi connectivity index (χ0) is 23.5. The molecule has 2 aliphatic carbocycles. The summed E-state index contributed by atoms with van der Waals surface area (Å²) in [6.45, 7) is 6.08. The zero-order valence-corrected chi connectivity index (χ0v) is 22.5. The first kappa shape index (κ1) is 24.3. The molecular weight excluding hydrogens is 430 g/mol. The number of rotatable bonds is 10. The van der Waals surface area contributed by atoms with Crippen molar-refractivity contribution in [2.24, 2.45) is 11.8 Å². The number of thiol groups is 1. The second-order valence-electron chi connectivity index (χ2n) is 11.5. The summed E-state index contributed by atoms with van der Waals surface area (Å²) in [5.74, 6) is 4.10. The average Bonchev–Trinajstić information content (AvgIpc) is 3.64. The Labute approximate surface area is 213 Å². The third-order valence-corrected chi connectivity index (χ3v) is 9.78. The van der Waals surface area contributed by atoms with Crippen molar-refractivity contribution in [1.82, 2.24) is 4.57 Å². The second kappa shape index (κ2) is 11.1. The summed E-state index contributed by atoms with van der Waals surface area (Å²) < 4.78 is 2.62. The molecule has 0 saturated heterocycles. The van der Waals surface area contributed by atoms with Crippen LogP contribution in [0.1, 0.15) is 114 Å². The van der Waals surface area contributed by atoms with Gasteiger partial charge in [0.15, 0.2) is 0 Å². The minimum Gasteiger partial charge on any atom is -0.340 e. The maximum Gasteiger partial charge on any atom is 0.0491 e. The number of aryl methyl sites for hydroxylation is 1. The van der Waals surface area contributed by atoms with Crippen molar-refractivity contribution >= 4 is 34.4 Å². The van der Waals surface area contributed by atoms with Crippen molar-refractivity contribution in [3.63, 3.8) is 0 Å². The van der Waals surface area contributed by atoms with Crippen LogP contribution in [-0.2, 0) is 6.54 Å². The van der Waals surface area contributed by atoms with E-state index < -0.39 is 0 Å². The molecule has 2 aliphatic rings. The van der Waals surface area contributed by atoms with Crippen molar-refractivity contribution in [2.75, 3.05) is 5.75 Å². The van der Waals surface area contributed by atoms with Crippen LogP contribution >= 0.6 is 12.6 Å². The van der Waals surface area contributed by atoms with Gasteiger partial charge in [-0.2, -0.15) is 12.6 Å². The number of aromatic nitrogens is 1. The molecule has 0 bridgehead atoms. The second-order valence-corrected chi connectivity index (χ2v) is 12.0. The highest BCUT2D eigenvalue weighted by molar-refractivity contribution is 7.80. The minimum absolute atomic E-state index is 0.673. The third-order valence-electron chi connectivity index (χ3n) is 9.47. The smallest absolute Gasteiger partial charge is 0.0491 e. The standard InChI is InChI=1S/C32H45NS/c1-23(25-11-5-6-12-25)27-15-17-31-29(21-27)30-22-28(24(2)26-13-7-8-14-26)16-18-32(30)33(31)19-9-3-4-10-20-34/h15-18,21-26,34H,3-14,19-20H2,1-2H3. The molecule has 0 spiro atoms. The largest absolute Gasteiger partial charge is 0.340 e. The number of fused-ring (bicyclic) bond motifs is 3. The van der Waals surface area contributed by atoms with Crippen molar-refractivity contribution in [2.45, 2.75) is 109 Å². The van der Waals surface area contributed by atoms with Crippen LogP contribution in [0.5, 0.6) is 0 Å². The summed E-state index contributed by atoms with van der Waals surface area (Å²) in [6, 6.07) is 14.9. The molecule has 2 saturated carbocycles. The lowest BCUT2D eigenvalue weighted by Crippen LogP contribution is -2.05. The van der Waals surface area contributed by atoms with Crippen LogP contribution < -0.4 is 0 Å². The lowest BCUT2D eigenvalue weighted by molar-refractivity contribution is 0.461. The molecule has 34 heavy (non-hydrogen) atoms. The maximum atomic E-state index is 4.39. The molecule has 0 amide bonds.